The monoisotopic (exact) mass is 294 g/mol. The maximum atomic E-state index is 8.12. The fraction of sp³-hybridized carbons (Fsp3) is 0.0588. The number of nitrogens with two attached hydrogens (primary N) is 1. The van der Waals surface area contributed by atoms with E-state index in [1.807, 2.05) is 61.5 Å². The van der Waals surface area contributed by atoms with Gasteiger partial charge in [0.2, 0.25) is 0 Å². The molecule has 2 N–H and O–H groups in total. The minimum absolute atomic E-state index is 0.250. The SMILES string of the molecule is Cc1cc(N)c2c(Oc3ccccc3)cccc2n1.O=C=O. The molecule has 5 nitrogen and oxygen atoms in total. The molecule has 3 aromatic rings. The van der Waals surface area contributed by atoms with Crippen LogP contribution in [0.3, 0.4) is 0 Å². The molecule has 0 saturated carbocycles. The van der Waals surface area contributed by atoms with Crippen molar-refractivity contribution in [3.8, 4) is 11.5 Å². The Bertz CT molecular complexity index is 811. The molecule has 0 aliphatic rings. The van der Waals surface area contributed by atoms with Crippen molar-refractivity contribution in [3.63, 3.8) is 0 Å². The van der Waals surface area contributed by atoms with Crippen LogP contribution in [0, 0.1) is 6.92 Å². The number of hydrogen-bond donors (Lipinski definition) is 1. The highest BCUT2D eigenvalue weighted by molar-refractivity contribution is 5.95. The van der Waals surface area contributed by atoms with E-state index in [0.717, 1.165) is 28.1 Å². The van der Waals surface area contributed by atoms with Crippen LogP contribution in [0.2, 0.25) is 0 Å². The lowest BCUT2D eigenvalue weighted by Crippen LogP contribution is -1.94. The molecular weight excluding hydrogens is 280 g/mol. The number of anilines is 1. The van der Waals surface area contributed by atoms with Crippen LogP contribution in [0.25, 0.3) is 10.9 Å². The summed E-state index contributed by atoms with van der Waals surface area (Å²) in [6.07, 6.45) is 0.250. The van der Waals surface area contributed by atoms with Crippen LogP contribution >= 0.6 is 0 Å². The third-order valence-electron chi connectivity index (χ3n) is 2.93. The Kier molecular flexibility index (Phi) is 4.85. The second-order valence-corrected chi connectivity index (χ2v) is 4.50. The number of ether oxygens (including phenoxy) is 1. The first kappa shape index (κ1) is 15.2. The second kappa shape index (κ2) is 7.02. The molecule has 0 atom stereocenters. The van der Waals surface area contributed by atoms with Crippen LogP contribution in [0.15, 0.2) is 54.6 Å². The summed E-state index contributed by atoms with van der Waals surface area (Å²) < 4.78 is 5.89. The number of pyridine rings is 1. The normalized spacial score (nSPS) is 9.50. The van der Waals surface area contributed by atoms with E-state index >= 15 is 0 Å². The number of benzene rings is 2. The van der Waals surface area contributed by atoms with Gasteiger partial charge in [-0.2, -0.15) is 9.59 Å². The van der Waals surface area contributed by atoms with Crippen molar-refractivity contribution in [1.82, 2.24) is 4.98 Å². The highest BCUT2D eigenvalue weighted by Crippen LogP contribution is 2.33. The van der Waals surface area contributed by atoms with Gasteiger partial charge in [0.05, 0.1) is 10.9 Å². The molecule has 3 rings (SSSR count). The summed E-state index contributed by atoms with van der Waals surface area (Å²) in [5.74, 6) is 1.52. The van der Waals surface area contributed by atoms with Crippen molar-refractivity contribution < 1.29 is 14.3 Å². The third kappa shape index (κ3) is 3.48. The minimum atomic E-state index is 0.250. The first-order chi connectivity index (χ1) is 10.7. The van der Waals surface area contributed by atoms with Gasteiger partial charge in [0, 0.05) is 11.4 Å². The van der Waals surface area contributed by atoms with Gasteiger partial charge in [-0.1, -0.05) is 24.3 Å². The molecule has 0 fully saturated rings. The maximum absolute atomic E-state index is 8.12. The van der Waals surface area contributed by atoms with E-state index < -0.39 is 0 Å². The van der Waals surface area contributed by atoms with Crippen LogP contribution < -0.4 is 10.5 Å². The Labute approximate surface area is 127 Å². The molecular formula is C17H14N2O3. The third-order valence-corrected chi connectivity index (χ3v) is 2.93. The van der Waals surface area contributed by atoms with Crippen molar-refractivity contribution in [3.05, 3.63) is 60.3 Å². The van der Waals surface area contributed by atoms with Crippen molar-refractivity contribution >= 4 is 22.7 Å². The number of carbonyl (C=O) groups excluding carboxylic acids is 2. The van der Waals surface area contributed by atoms with Gasteiger partial charge in [-0.05, 0) is 37.3 Å². The van der Waals surface area contributed by atoms with Gasteiger partial charge >= 0.3 is 6.15 Å². The number of nitrogen functional groups attached to an aromatic ring is 1. The average Bonchev–Trinajstić information content (AvgIpc) is 2.48. The Hall–Kier alpha value is -3.17. The van der Waals surface area contributed by atoms with E-state index in [9.17, 15) is 0 Å². The maximum Gasteiger partial charge on any atom is 0.373 e. The van der Waals surface area contributed by atoms with Crippen molar-refractivity contribution in [2.24, 2.45) is 0 Å². The lowest BCUT2D eigenvalue weighted by molar-refractivity contribution is -0.191. The molecule has 0 radical (unpaired) electrons. The zero-order valence-electron chi connectivity index (χ0n) is 11.9. The predicted molar refractivity (Wildman–Crippen MR) is 82.4 cm³/mol. The van der Waals surface area contributed by atoms with Crippen LogP contribution in [0.5, 0.6) is 11.5 Å². The highest BCUT2D eigenvalue weighted by Gasteiger charge is 2.08. The number of fused-ring (bicyclic) bond motifs is 1. The first-order valence-electron chi connectivity index (χ1n) is 6.53. The van der Waals surface area contributed by atoms with E-state index in [1.165, 1.54) is 0 Å². The molecule has 1 heterocycles. The number of aromatic nitrogens is 1. The molecule has 0 aliphatic carbocycles. The summed E-state index contributed by atoms with van der Waals surface area (Å²) in [5.41, 5.74) is 8.54. The van der Waals surface area contributed by atoms with Crippen LogP contribution in [-0.4, -0.2) is 11.1 Å². The quantitative estimate of drug-likeness (QED) is 0.783. The Morgan fingerprint density at radius 3 is 2.41 bits per heavy atom. The van der Waals surface area contributed by atoms with Crippen molar-refractivity contribution in [2.75, 3.05) is 5.73 Å². The lowest BCUT2D eigenvalue weighted by Gasteiger charge is -2.10. The molecule has 0 aliphatic heterocycles. The van der Waals surface area contributed by atoms with Crippen LogP contribution in [-0.2, 0) is 9.59 Å². The summed E-state index contributed by atoms with van der Waals surface area (Å²) in [7, 11) is 0. The number of hydrogen-bond acceptors (Lipinski definition) is 5. The van der Waals surface area contributed by atoms with Gasteiger partial charge in [-0.25, -0.2) is 0 Å². The summed E-state index contributed by atoms with van der Waals surface area (Å²) in [5, 5.41) is 0.858. The molecule has 22 heavy (non-hydrogen) atoms. The van der Waals surface area contributed by atoms with Crippen LogP contribution in [0.4, 0.5) is 5.69 Å². The second-order valence-electron chi connectivity index (χ2n) is 4.50. The van der Waals surface area contributed by atoms with Gasteiger partial charge in [0.1, 0.15) is 11.5 Å². The topological polar surface area (TPSA) is 82.3 Å². The smallest absolute Gasteiger partial charge is 0.373 e. The number of para-hydroxylation sites is 1. The molecule has 0 amide bonds. The van der Waals surface area contributed by atoms with Crippen LogP contribution in [0.1, 0.15) is 5.69 Å². The largest absolute Gasteiger partial charge is 0.457 e. The van der Waals surface area contributed by atoms with E-state index in [1.54, 1.807) is 0 Å². The molecule has 2 aromatic carbocycles. The zero-order chi connectivity index (χ0) is 15.9. The number of aryl methyl sites for hydroxylation is 1. The van der Waals surface area contributed by atoms with Gasteiger partial charge < -0.3 is 10.5 Å². The van der Waals surface area contributed by atoms with E-state index in [2.05, 4.69) is 4.98 Å². The van der Waals surface area contributed by atoms with Gasteiger partial charge in [-0.15, -0.1) is 0 Å². The predicted octanol–water partition coefficient (Wildman–Crippen LogP) is 3.33. The van der Waals surface area contributed by atoms with Gasteiger partial charge in [0.15, 0.2) is 0 Å². The number of rotatable bonds is 2. The van der Waals surface area contributed by atoms with E-state index in [4.69, 9.17) is 20.1 Å². The standard InChI is InChI=1S/C16H14N2O.CO2/c1-11-10-13(17)16-14(18-11)8-5-9-15(16)19-12-6-3-2-4-7-12;2-1-3/h2-10H,1H3,(H2,17,18);. The Balaban J connectivity index is 0.000000545. The lowest BCUT2D eigenvalue weighted by atomic mass is 10.1. The minimum Gasteiger partial charge on any atom is -0.457 e. The fourth-order valence-electron chi connectivity index (χ4n) is 2.12. The number of nitrogens with zero attached hydrogens (tertiary/aromatic N) is 1. The molecule has 1 aromatic heterocycles. The Morgan fingerprint density at radius 1 is 1.05 bits per heavy atom. The Morgan fingerprint density at radius 2 is 1.73 bits per heavy atom. The summed E-state index contributed by atoms with van der Waals surface area (Å²) in [4.78, 5) is 20.7. The van der Waals surface area contributed by atoms with Gasteiger partial charge in [-0.3, -0.25) is 4.98 Å². The molecule has 110 valence electrons. The molecule has 0 bridgehead atoms. The highest BCUT2D eigenvalue weighted by atomic mass is 16.5. The van der Waals surface area contributed by atoms with Crippen molar-refractivity contribution in [2.45, 2.75) is 6.92 Å². The fourth-order valence-corrected chi connectivity index (χ4v) is 2.12. The summed E-state index contributed by atoms with van der Waals surface area (Å²) in [6, 6.07) is 17.3. The first-order valence-corrected chi connectivity index (χ1v) is 6.53. The molecule has 0 unspecified atom stereocenters. The average molecular weight is 294 g/mol. The molecule has 0 spiro atoms. The summed E-state index contributed by atoms with van der Waals surface area (Å²) >= 11 is 0. The van der Waals surface area contributed by atoms with Gasteiger partial charge in [0.25, 0.3) is 0 Å². The molecule has 0 saturated heterocycles. The van der Waals surface area contributed by atoms with E-state index in [0.29, 0.717) is 5.69 Å². The van der Waals surface area contributed by atoms with E-state index in [-0.39, 0.29) is 6.15 Å². The summed E-state index contributed by atoms with van der Waals surface area (Å²) in [6.45, 7) is 1.93. The van der Waals surface area contributed by atoms with Crippen molar-refractivity contribution in [1.29, 1.82) is 0 Å². The molecule has 5 heteroatoms. The zero-order valence-corrected chi connectivity index (χ0v) is 11.9.